The van der Waals surface area contributed by atoms with Gasteiger partial charge in [0.1, 0.15) is 10.9 Å². The van der Waals surface area contributed by atoms with Crippen LogP contribution in [0.1, 0.15) is 51.8 Å². The van der Waals surface area contributed by atoms with Crippen molar-refractivity contribution >= 4 is 29.0 Å². The second kappa shape index (κ2) is 9.23. The molecule has 1 heterocycles. The maximum Gasteiger partial charge on any atom is 0.122 e. The molecule has 0 amide bonds. The molecule has 2 N–H and O–H groups in total. The van der Waals surface area contributed by atoms with Gasteiger partial charge in [-0.15, -0.1) is 11.8 Å². The lowest BCUT2D eigenvalue weighted by Gasteiger charge is -2.14. The van der Waals surface area contributed by atoms with Crippen LogP contribution >= 0.6 is 24.0 Å². The molecule has 0 saturated carbocycles. The Hall–Kier alpha value is -1.33. The first-order valence-electron chi connectivity index (χ1n) is 8.61. The fourth-order valence-corrected chi connectivity index (χ4v) is 3.92. The molecule has 5 heteroatoms. The van der Waals surface area contributed by atoms with Crippen molar-refractivity contribution in [2.75, 3.05) is 5.75 Å². The molecule has 3 nitrogen and oxygen atoms in total. The first-order valence-corrected chi connectivity index (χ1v) is 10.0. The first-order chi connectivity index (χ1) is 11.5. The number of nitrogens with zero attached hydrogens (tertiary/aromatic N) is 2. The van der Waals surface area contributed by atoms with Crippen molar-refractivity contribution in [1.29, 1.82) is 0 Å². The number of thioether (sulfide) groups is 1. The number of thiocarbonyl (C=S) groups is 1. The lowest BCUT2D eigenvalue weighted by molar-refractivity contribution is 0.587. The summed E-state index contributed by atoms with van der Waals surface area (Å²) < 4.78 is 2.41. The van der Waals surface area contributed by atoms with Crippen molar-refractivity contribution < 1.29 is 0 Å². The molecule has 0 aliphatic carbocycles. The van der Waals surface area contributed by atoms with E-state index in [0.29, 0.717) is 10.9 Å². The molecule has 130 valence electrons. The van der Waals surface area contributed by atoms with Gasteiger partial charge in [0.2, 0.25) is 0 Å². The summed E-state index contributed by atoms with van der Waals surface area (Å²) in [5.74, 6) is 2.44. The predicted octanol–water partition coefficient (Wildman–Crippen LogP) is 5.24. The number of benzene rings is 1. The van der Waals surface area contributed by atoms with Crippen molar-refractivity contribution in [3.8, 4) is 11.3 Å². The number of hydrogen-bond donors (Lipinski definition) is 1. The van der Waals surface area contributed by atoms with Crippen LogP contribution in [0.25, 0.3) is 11.3 Å². The van der Waals surface area contributed by atoms with Crippen LogP contribution in [0.4, 0.5) is 0 Å². The van der Waals surface area contributed by atoms with Gasteiger partial charge < -0.3 is 10.3 Å². The topological polar surface area (TPSA) is 43.8 Å². The van der Waals surface area contributed by atoms with Crippen LogP contribution in [0, 0.1) is 0 Å². The summed E-state index contributed by atoms with van der Waals surface area (Å²) in [6, 6.07) is 10.6. The zero-order chi connectivity index (χ0) is 17.5. The van der Waals surface area contributed by atoms with Gasteiger partial charge in [0.15, 0.2) is 0 Å². The number of hydrogen-bond acceptors (Lipinski definition) is 3. The number of unbranched alkanes of at least 4 members (excludes halogenated alkanes) is 1. The summed E-state index contributed by atoms with van der Waals surface area (Å²) in [6.07, 6.45) is 3.08. The highest BCUT2D eigenvalue weighted by atomic mass is 32.2. The van der Waals surface area contributed by atoms with E-state index in [1.165, 1.54) is 23.5 Å². The van der Waals surface area contributed by atoms with Crippen LogP contribution in [-0.2, 0) is 6.54 Å². The summed E-state index contributed by atoms with van der Waals surface area (Å²) in [5, 5.41) is 1.09. The van der Waals surface area contributed by atoms with Gasteiger partial charge in [0.05, 0.1) is 10.7 Å². The van der Waals surface area contributed by atoms with Crippen LogP contribution in [0.3, 0.4) is 0 Å². The fraction of sp³-hybridized carbons (Fsp3) is 0.474. The Bertz CT molecular complexity index is 663. The van der Waals surface area contributed by atoms with Crippen LogP contribution in [0.15, 0.2) is 35.4 Å². The Morgan fingerprint density at radius 1 is 1.29 bits per heavy atom. The van der Waals surface area contributed by atoms with E-state index in [4.69, 9.17) is 22.9 Å². The molecule has 0 saturated heterocycles. The van der Waals surface area contributed by atoms with Gasteiger partial charge in [0.25, 0.3) is 0 Å². The molecule has 1 aromatic heterocycles. The first kappa shape index (κ1) is 19.0. The fourth-order valence-electron chi connectivity index (χ4n) is 2.65. The molecule has 1 aromatic carbocycles. The van der Waals surface area contributed by atoms with E-state index in [-0.39, 0.29) is 0 Å². The molecular formula is C19H27N3S2. The molecule has 0 aliphatic heterocycles. The van der Waals surface area contributed by atoms with Crippen LogP contribution in [0.2, 0.25) is 0 Å². The molecule has 0 unspecified atom stereocenters. The number of imidazole rings is 1. The molecule has 2 aromatic rings. The minimum atomic E-state index is 0.397. The van der Waals surface area contributed by atoms with Crippen LogP contribution in [0.5, 0.6) is 0 Å². The monoisotopic (exact) mass is 361 g/mol. The summed E-state index contributed by atoms with van der Waals surface area (Å²) in [7, 11) is 0. The van der Waals surface area contributed by atoms with Crippen molar-refractivity contribution in [2.24, 2.45) is 5.73 Å². The molecule has 24 heavy (non-hydrogen) atoms. The highest BCUT2D eigenvalue weighted by molar-refractivity contribution is 7.99. The van der Waals surface area contributed by atoms with Crippen molar-refractivity contribution in [1.82, 2.24) is 9.55 Å². The zero-order valence-corrected chi connectivity index (χ0v) is 16.4. The van der Waals surface area contributed by atoms with Crippen LogP contribution in [-0.4, -0.2) is 20.3 Å². The second-order valence-electron chi connectivity index (χ2n) is 6.21. The van der Waals surface area contributed by atoms with Crippen molar-refractivity contribution in [2.45, 2.75) is 57.5 Å². The van der Waals surface area contributed by atoms with Gasteiger partial charge in [0, 0.05) is 30.2 Å². The third-order valence-electron chi connectivity index (χ3n) is 3.85. The molecule has 0 radical (unpaired) electrons. The van der Waals surface area contributed by atoms with E-state index in [1.807, 2.05) is 0 Å². The molecule has 0 bridgehead atoms. The number of nitrogens with two attached hydrogens (primary N) is 1. The highest BCUT2D eigenvalue weighted by Gasteiger charge is 2.20. The maximum atomic E-state index is 5.65. The smallest absolute Gasteiger partial charge is 0.122 e. The van der Waals surface area contributed by atoms with Crippen molar-refractivity contribution in [3.05, 3.63) is 36.2 Å². The Kier molecular flexibility index (Phi) is 7.31. The van der Waals surface area contributed by atoms with E-state index in [2.05, 4.69) is 55.7 Å². The number of aromatic nitrogens is 2. The van der Waals surface area contributed by atoms with Crippen molar-refractivity contribution in [3.63, 3.8) is 0 Å². The van der Waals surface area contributed by atoms with Gasteiger partial charge in [-0.25, -0.2) is 4.98 Å². The van der Waals surface area contributed by atoms with Gasteiger partial charge >= 0.3 is 0 Å². The summed E-state index contributed by atoms with van der Waals surface area (Å²) in [5.41, 5.74) is 8.11. The second-order valence-corrected chi connectivity index (χ2v) is 7.82. The zero-order valence-electron chi connectivity index (χ0n) is 14.8. The standard InChI is InChI=1S/C19H27N3S2/c1-4-5-12-22-17(15-9-7-6-8-10-15)19(21-18(22)14(2)3)24-13-11-16(20)23/h6-10,14H,4-5,11-13H2,1-3H3,(H2,20,23). The average Bonchev–Trinajstić information content (AvgIpc) is 2.92. The molecule has 2 rings (SSSR count). The third kappa shape index (κ3) is 4.84. The summed E-state index contributed by atoms with van der Waals surface area (Å²) in [4.78, 5) is 5.55. The Morgan fingerprint density at radius 2 is 2.00 bits per heavy atom. The minimum absolute atomic E-state index is 0.397. The Morgan fingerprint density at radius 3 is 2.58 bits per heavy atom. The predicted molar refractivity (Wildman–Crippen MR) is 109 cm³/mol. The molecule has 0 aliphatic rings. The summed E-state index contributed by atoms with van der Waals surface area (Å²) in [6.45, 7) is 7.66. The van der Waals surface area contributed by atoms with Gasteiger partial charge in [-0.05, 0) is 6.42 Å². The quantitative estimate of drug-likeness (QED) is 0.490. The van der Waals surface area contributed by atoms with Gasteiger partial charge in [-0.2, -0.15) is 0 Å². The van der Waals surface area contributed by atoms with Crippen LogP contribution < -0.4 is 5.73 Å². The van der Waals surface area contributed by atoms with E-state index >= 15 is 0 Å². The maximum absolute atomic E-state index is 5.65. The average molecular weight is 362 g/mol. The van der Waals surface area contributed by atoms with E-state index in [9.17, 15) is 0 Å². The lowest BCUT2D eigenvalue weighted by Crippen LogP contribution is -2.08. The SMILES string of the molecule is CCCCn1c(C(C)C)nc(SCCC(N)=S)c1-c1ccccc1. The Balaban J connectivity index is 2.45. The third-order valence-corrected chi connectivity index (χ3v) is 5.02. The van der Waals surface area contributed by atoms with E-state index in [1.54, 1.807) is 11.8 Å². The highest BCUT2D eigenvalue weighted by Crippen LogP contribution is 2.35. The minimum Gasteiger partial charge on any atom is -0.393 e. The lowest BCUT2D eigenvalue weighted by atomic mass is 10.1. The largest absolute Gasteiger partial charge is 0.393 e. The molecular weight excluding hydrogens is 334 g/mol. The normalized spacial score (nSPS) is 11.2. The van der Waals surface area contributed by atoms with Gasteiger partial charge in [-0.3, -0.25) is 0 Å². The summed E-state index contributed by atoms with van der Waals surface area (Å²) >= 11 is 6.76. The number of rotatable bonds is 9. The van der Waals surface area contributed by atoms with E-state index < -0.39 is 0 Å². The molecule has 0 spiro atoms. The molecule has 0 fully saturated rings. The Labute approximate surface area is 155 Å². The van der Waals surface area contributed by atoms with E-state index in [0.717, 1.165) is 30.2 Å². The molecule has 0 atom stereocenters. The van der Waals surface area contributed by atoms with Gasteiger partial charge in [-0.1, -0.05) is 69.7 Å².